The molecule has 0 fully saturated rings. The molecule has 6 heteroatoms. The molecule has 0 bridgehead atoms. The first-order valence-corrected chi connectivity index (χ1v) is 36.2. The zero-order valence-electron chi connectivity index (χ0n) is 54.1. The lowest BCUT2D eigenvalue weighted by Crippen LogP contribution is -2.45. The number of rotatable bonds is 68. The van der Waals surface area contributed by atoms with Crippen molar-refractivity contribution >= 4 is 11.9 Å². The first-order valence-electron chi connectivity index (χ1n) is 36.2. The number of aliphatic hydroxyl groups is 2. The molecule has 0 aliphatic rings. The van der Waals surface area contributed by atoms with E-state index in [-0.39, 0.29) is 18.5 Å². The number of esters is 1. The van der Waals surface area contributed by atoms with Crippen molar-refractivity contribution < 1.29 is 24.5 Å². The fourth-order valence-corrected chi connectivity index (χ4v) is 11.4. The molecule has 0 radical (unpaired) electrons. The number of carbonyl (C=O) groups excluding carboxylic acids is 2. The van der Waals surface area contributed by atoms with E-state index in [1.807, 2.05) is 0 Å². The van der Waals surface area contributed by atoms with Crippen LogP contribution in [0, 0.1) is 0 Å². The summed E-state index contributed by atoms with van der Waals surface area (Å²) >= 11 is 0. The van der Waals surface area contributed by atoms with Gasteiger partial charge < -0.3 is 20.3 Å². The SMILES string of the molecule is CCC/C=C\C/C=C\CCCCCCCC(=O)OCCCCCCCCCCCCCC/C=C\CCCCCCCCCCCCCCCCC(=O)NC(CO)C(O)CCCCCCCCCCCCCCCCCCCCCC. The van der Waals surface area contributed by atoms with Gasteiger partial charge in [0.1, 0.15) is 0 Å². The van der Waals surface area contributed by atoms with Gasteiger partial charge in [-0.2, -0.15) is 0 Å². The van der Waals surface area contributed by atoms with Crippen LogP contribution >= 0.6 is 0 Å². The second-order valence-electron chi connectivity index (χ2n) is 24.9. The van der Waals surface area contributed by atoms with Gasteiger partial charge in [-0.3, -0.25) is 9.59 Å². The molecular formula is C74H141NO5. The number of allylic oxidation sites excluding steroid dienone is 6. The maximum atomic E-state index is 12.5. The Morgan fingerprint density at radius 3 is 1.01 bits per heavy atom. The van der Waals surface area contributed by atoms with Crippen molar-refractivity contribution in [1.82, 2.24) is 5.32 Å². The monoisotopic (exact) mass is 1120 g/mol. The summed E-state index contributed by atoms with van der Waals surface area (Å²) in [4.78, 5) is 24.6. The van der Waals surface area contributed by atoms with Gasteiger partial charge >= 0.3 is 5.97 Å². The normalized spacial score (nSPS) is 12.7. The minimum Gasteiger partial charge on any atom is -0.466 e. The number of nitrogens with one attached hydrogen (secondary N) is 1. The fraction of sp³-hybridized carbons (Fsp3) is 0.892. The average Bonchev–Trinajstić information content (AvgIpc) is 3.46. The number of hydrogen-bond acceptors (Lipinski definition) is 5. The lowest BCUT2D eigenvalue weighted by molar-refractivity contribution is -0.143. The highest BCUT2D eigenvalue weighted by Crippen LogP contribution is 2.19. The van der Waals surface area contributed by atoms with E-state index in [2.05, 4.69) is 55.6 Å². The Hall–Kier alpha value is -1.92. The third-order valence-electron chi connectivity index (χ3n) is 16.9. The maximum absolute atomic E-state index is 12.5. The van der Waals surface area contributed by atoms with Gasteiger partial charge in [0.25, 0.3) is 0 Å². The Kier molecular flexibility index (Phi) is 67.9. The Morgan fingerprint density at radius 2 is 0.650 bits per heavy atom. The van der Waals surface area contributed by atoms with Crippen molar-refractivity contribution in [3.8, 4) is 0 Å². The van der Waals surface area contributed by atoms with Crippen LogP contribution in [0.5, 0.6) is 0 Å². The lowest BCUT2D eigenvalue weighted by atomic mass is 10.0. The molecule has 0 aliphatic heterocycles. The number of ether oxygens (including phenoxy) is 1. The van der Waals surface area contributed by atoms with Crippen LogP contribution in [-0.2, 0) is 14.3 Å². The highest BCUT2D eigenvalue weighted by molar-refractivity contribution is 5.76. The van der Waals surface area contributed by atoms with Crippen molar-refractivity contribution in [2.75, 3.05) is 13.2 Å². The van der Waals surface area contributed by atoms with Crippen LogP contribution in [0.3, 0.4) is 0 Å². The number of carbonyl (C=O) groups is 2. The average molecular weight is 1120 g/mol. The van der Waals surface area contributed by atoms with Crippen molar-refractivity contribution in [3.05, 3.63) is 36.5 Å². The molecular weight excluding hydrogens is 983 g/mol. The maximum Gasteiger partial charge on any atom is 0.305 e. The lowest BCUT2D eigenvalue weighted by Gasteiger charge is -2.22. The molecule has 0 rings (SSSR count). The van der Waals surface area contributed by atoms with E-state index in [4.69, 9.17) is 4.74 Å². The molecule has 0 saturated carbocycles. The summed E-state index contributed by atoms with van der Waals surface area (Å²) in [5.41, 5.74) is 0. The summed E-state index contributed by atoms with van der Waals surface area (Å²) in [5.74, 6) is -0.0273. The topological polar surface area (TPSA) is 95.9 Å². The zero-order chi connectivity index (χ0) is 57.8. The number of aliphatic hydroxyl groups excluding tert-OH is 2. The second-order valence-corrected chi connectivity index (χ2v) is 24.9. The molecule has 2 unspecified atom stereocenters. The molecule has 0 heterocycles. The molecule has 0 aromatic rings. The van der Waals surface area contributed by atoms with Gasteiger partial charge in [-0.25, -0.2) is 0 Å². The minimum absolute atomic E-state index is 0.00212. The Bertz CT molecular complexity index is 1300. The molecule has 0 aliphatic carbocycles. The smallest absolute Gasteiger partial charge is 0.305 e. The first kappa shape index (κ1) is 78.1. The molecule has 2 atom stereocenters. The standard InChI is InChI=1S/C74H141NO5/c1-3-5-7-9-11-13-15-17-18-19-20-33-36-39-43-46-50-54-58-62-66-72(77)71(70-76)75-73(78)67-63-59-55-51-47-44-40-37-34-31-29-27-25-23-21-22-24-26-28-30-32-35-38-41-45-49-53-57-61-65-69-80-74(79)68-64-60-56-52-48-42-16-14-12-10-8-6-4-2/h8,10,14,16,22,24,71-72,76-77H,3-7,9,11-13,15,17-21,23,25-70H2,1-2H3,(H,75,78)/b10-8-,16-14-,24-22-. The van der Waals surface area contributed by atoms with E-state index in [1.165, 1.54) is 315 Å². The highest BCUT2D eigenvalue weighted by Gasteiger charge is 2.20. The Balaban J connectivity index is 3.37. The molecule has 80 heavy (non-hydrogen) atoms. The highest BCUT2D eigenvalue weighted by atomic mass is 16.5. The summed E-state index contributed by atoms with van der Waals surface area (Å²) in [5, 5.41) is 23.4. The molecule has 1 amide bonds. The van der Waals surface area contributed by atoms with Crippen molar-refractivity contribution in [2.45, 2.75) is 411 Å². The van der Waals surface area contributed by atoms with Crippen LogP contribution in [-0.4, -0.2) is 47.4 Å². The number of hydrogen-bond donors (Lipinski definition) is 3. The van der Waals surface area contributed by atoms with Gasteiger partial charge in [0.05, 0.1) is 25.4 Å². The predicted molar refractivity (Wildman–Crippen MR) is 352 cm³/mol. The molecule has 6 nitrogen and oxygen atoms in total. The Morgan fingerprint density at radius 1 is 0.350 bits per heavy atom. The molecule has 0 aromatic heterocycles. The van der Waals surface area contributed by atoms with E-state index in [0.717, 1.165) is 51.4 Å². The molecule has 0 aromatic carbocycles. The first-order chi connectivity index (χ1) is 39.5. The van der Waals surface area contributed by atoms with Gasteiger partial charge in [-0.1, -0.05) is 346 Å². The fourth-order valence-electron chi connectivity index (χ4n) is 11.4. The summed E-state index contributed by atoms with van der Waals surface area (Å²) < 4.78 is 5.48. The second kappa shape index (κ2) is 69.6. The van der Waals surface area contributed by atoms with E-state index >= 15 is 0 Å². The van der Waals surface area contributed by atoms with Gasteiger partial charge in [-0.15, -0.1) is 0 Å². The third-order valence-corrected chi connectivity index (χ3v) is 16.9. The van der Waals surface area contributed by atoms with E-state index in [9.17, 15) is 19.8 Å². The summed E-state index contributed by atoms with van der Waals surface area (Å²) in [6, 6.07) is -0.541. The van der Waals surface area contributed by atoms with Gasteiger partial charge in [0.2, 0.25) is 5.91 Å². The molecule has 0 spiro atoms. The third kappa shape index (κ3) is 65.2. The molecule has 3 N–H and O–H groups in total. The predicted octanol–water partition coefficient (Wildman–Crippen LogP) is 23.5. The van der Waals surface area contributed by atoms with Crippen LogP contribution in [0.4, 0.5) is 0 Å². The van der Waals surface area contributed by atoms with Gasteiger partial charge in [0.15, 0.2) is 0 Å². The largest absolute Gasteiger partial charge is 0.466 e. The summed E-state index contributed by atoms with van der Waals surface area (Å²) in [6.45, 7) is 4.92. The van der Waals surface area contributed by atoms with E-state index in [0.29, 0.717) is 25.9 Å². The van der Waals surface area contributed by atoms with E-state index < -0.39 is 12.1 Å². The van der Waals surface area contributed by atoms with E-state index in [1.54, 1.807) is 0 Å². The van der Waals surface area contributed by atoms with Crippen molar-refractivity contribution in [2.24, 2.45) is 0 Å². The molecule has 472 valence electrons. The number of unbranched alkanes of at least 4 members (excludes halogenated alkanes) is 51. The molecule has 0 saturated heterocycles. The van der Waals surface area contributed by atoms with Crippen molar-refractivity contribution in [1.29, 1.82) is 0 Å². The summed E-state index contributed by atoms with van der Waals surface area (Å²) in [6.07, 6.45) is 89.2. The summed E-state index contributed by atoms with van der Waals surface area (Å²) in [7, 11) is 0. The van der Waals surface area contributed by atoms with Crippen LogP contribution in [0.2, 0.25) is 0 Å². The number of amides is 1. The van der Waals surface area contributed by atoms with Gasteiger partial charge in [-0.05, 0) is 77.0 Å². The van der Waals surface area contributed by atoms with Crippen LogP contribution < -0.4 is 5.32 Å². The van der Waals surface area contributed by atoms with Crippen LogP contribution in [0.15, 0.2) is 36.5 Å². The Labute approximate surface area is 500 Å². The van der Waals surface area contributed by atoms with Gasteiger partial charge in [0, 0.05) is 12.8 Å². The quantitative estimate of drug-likeness (QED) is 0.0320. The van der Waals surface area contributed by atoms with Crippen LogP contribution in [0.1, 0.15) is 399 Å². The van der Waals surface area contributed by atoms with Crippen molar-refractivity contribution in [3.63, 3.8) is 0 Å². The zero-order valence-corrected chi connectivity index (χ0v) is 54.1. The minimum atomic E-state index is -0.664. The van der Waals surface area contributed by atoms with Crippen LogP contribution in [0.25, 0.3) is 0 Å².